The first-order valence-electron chi connectivity index (χ1n) is 8.93. The highest BCUT2D eigenvalue weighted by Gasteiger charge is 2.42. The Kier molecular flexibility index (Phi) is 4.61. The molecule has 132 valence electrons. The summed E-state index contributed by atoms with van der Waals surface area (Å²) in [6, 6.07) is 10.7. The number of hydrogen-bond donors (Lipinski definition) is 0. The van der Waals surface area contributed by atoms with E-state index in [9.17, 15) is 9.18 Å². The molecule has 3 nitrogen and oxygen atoms in total. The standard InChI is InChI=1S/C20H23FN2OS/c21-17-6-4-16(5-7-17)13-22-10-2-8-20(14-22)9-11-23(15-20)19(24)18-3-1-12-25-18/h1,3-7,12H,2,8-11,13-15H2. The Hall–Kier alpha value is -1.72. The van der Waals surface area contributed by atoms with E-state index in [1.165, 1.54) is 36.3 Å². The van der Waals surface area contributed by atoms with Gasteiger partial charge in [0.25, 0.3) is 5.91 Å². The first-order chi connectivity index (χ1) is 12.1. The van der Waals surface area contributed by atoms with Crippen molar-refractivity contribution in [3.63, 3.8) is 0 Å². The van der Waals surface area contributed by atoms with Crippen molar-refractivity contribution < 1.29 is 9.18 Å². The number of thiophene rings is 1. The van der Waals surface area contributed by atoms with Gasteiger partial charge in [0.2, 0.25) is 0 Å². The fourth-order valence-electron chi connectivity index (χ4n) is 4.29. The van der Waals surface area contributed by atoms with Gasteiger partial charge in [-0.2, -0.15) is 0 Å². The summed E-state index contributed by atoms with van der Waals surface area (Å²) in [6.07, 6.45) is 3.45. The second-order valence-electron chi connectivity index (χ2n) is 7.39. The first kappa shape index (κ1) is 16.7. The van der Waals surface area contributed by atoms with Gasteiger partial charge in [-0.15, -0.1) is 11.3 Å². The lowest BCUT2D eigenvalue weighted by Crippen LogP contribution is -2.44. The summed E-state index contributed by atoms with van der Waals surface area (Å²) in [6.45, 7) is 4.70. The topological polar surface area (TPSA) is 23.6 Å². The van der Waals surface area contributed by atoms with Gasteiger partial charge in [0.05, 0.1) is 4.88 Å². The maximum Gasteiger partial charge on any atom is 0.263 e. The second-order valence-corrected chi connectivity index (χ2v) is 8.34. The molecule has 0 bridgehead atoms. The second kappa shape index (κ2) is 6.89. The molecule has 1 aromatic carbocycles. The summed E-state index contributed by atoms with van der Waals surface area (Å²) in [4.78, 5) is 18.0. The zero-order valence-corrected chi connectivity index (χ0v) is 15.1. The summed E-state index contributed by atoms with van der Waals surface area (Å²) < 4.78 is 13.1. The van der Waals surface area contributed by atoms with Crippen molar-refractivity contribution in [1.29, 1.82) is 0 Å². The predicted molar refractivity (Wildman–Crippen MR) is 98.2 cm³/mol. The number of likely N-dealkylation sites (tertiary alicyclic amines) is 2. The predicted octanol–water partition coefficient (Wildman–Crippen LogP) is 4.02. The molecule has 1 unspecified atom stereocenters. The monoisotopic (exact) mass is 358 g/mol. The molecule has 0 radical (unpaired) electrons. The Balaban J connectivity index is 1.40. The lowest BCUT2D eigenvalue weighted by molar-refractivity contribution is 0.0679. The highest BCUT2D eigenvalue weighted by atomic mass is 32.1. The van der Waals surface area contributed by atoms with Crippen LogP contribution in [-0.4, -0.2) is 41.9 Å². The van der Waals surface area contributed by atoms with E-state index in [4.69, 9.17) is 0 Å². The van der Waals surface area contributed by atoms with E-state index in [2.05, 4.69) is 4.90 Å². The van der Waals surface area contributed by atoms with Gasteiger partial charge in [-0.05, 0) is 54.9 Å². The van der Waals surface area contributed by atoms with Crippen LogP contribution in [0.25, 0.3) is 0 Å². The molecule has 2 aliphatic rings. The fraction of sp³-hybridized carbons (Fsp3) is 0.450. The fourth-order valence-corrected chi connectivity index (χ4v) is 4.98. The van der Waals surface area contributed by atoms with Gasteiger partial charge >= 0.3 is 0 Å². The number of hydrogen-bond acceptors (Lipinski definition) is 3. The van der Waals surface area contributed by atoms with E-state index in [1.54, 1.807) is 0 Å². The molecule has 2 fully saturated rings. The average Bonchev–Trinajstić information content (AvgIpc) is 3.27. The molecule has 1 atom stereocenters. The summed E-state index contributed by atoms with van der Waals surface area (Å²) in [7, 11) is 0. The Labute approximate surface area is 152 Å². The van der Waals surface area contributed by atoms with Crippen molar-refractivity contribution >= 4 is 17.2 Å². The summed E-state index contributed by atoms with van der Waals surface area (Å²) >= 11 is 1.52. The van der Waals surface area contributed by atoms with Gasteiger partial charge in [-0.3, -0.25) is 9.69 Å². The van der Waals surface area contributed by atoms with Crippen LogP contribution in [0.4, 0.5) is 4.39 Å². The molecule has 0 N–H and O–H groups in total. The SMILES string of the molecule is O=C(c1cccs1)N1CCC2(CCCN(Cc3ccc(F)cc3)C2)C1. The quantitative estimate of drug-likeness (QED) is 0.827. The van der Waals surface area contributed by atoms with Crippen LogP contribution in [0.2, 0.25) is 0 Å². The molecule has 2 aromatic rings. The minimum atomic E-state index is -0.183. The zero-order valence-electron chi connectivity index (χ0n) is 14.3. The Bertz CT molecular complexity index is 731. The zero-order chi connectivity index (χ0) is 17.3. The third kappa shape index (κ3) is 3.62. The third-order valence-electron chi connectivity index (χ3n) is 5.52. The van der Waals surface area contributed by atoms with Gasteiger partial charge in [0.1, 0.15) is 5.82 Å². The van der Waals surface area contributed by atoms with Crippen molar-refractivity contribution in [2.75, 3.05) is 26.2 Å². The van der Waals surface area contributed by atoms with Gasteiger partial charge in [-0.1, -0.05) is 18.2 Å². The average molecular weight is 358 g/mol. The molecule has 25 heavy (non-hydrogen) atoms. The van der Waals surface area contributed by atoms with E-state index in [0.717, 1.165) is 49.6 Å². The Morgan fingerprint density at radius 3 is 2.72 bits per heavy atom. The van der Waals surface area contributed by atoms with E-state index < -0.39 is 0 Å². The number of piperidine rings is 1. The van der Waals surface area contributed by atoms with Crippen molar-refractivity contribution in [2.45, 2.75) is 25.8 Å². The lowest BCUT2D eigenvalue weighted by atomic mass is 9.79. The highest BCUT2D eigenvalue weighted by Crippen LogP contribution is 2.40. The first-order valence-corrected chi connectivity index (χ1v) is 9.81. The van der Waals surface area contributed by atoms with E-state index >= 15 is 0 Å². The van der Waals surface area contributed by atoms with Gasteiger partial charge in [0.15, 0.2) is 0 Å². The lowest BCUT2D eigenvalue weighted by Gasteiger charge is -2.40. The number of amides is 1. The van der Waals surface area contributed by atoms with Crippen LogP contribution < -0.4 is 0 Å². The van der Waals surface area contributed by atoms with Gasteiger partial charge in [-0.25, -0.2) is 4.39 Å². The number of rotatable bonds is 3. The molecule has 0 aliphatic carbocycles. The maximum atomic E-state index is 13.1. The molecule has 0 saturated carbocycles. The van der Waals surface area contributed by atoms with Crippen LogP contribution in [0.1, 0.15) is 34.5 Å². The number of nitrogens with zero attached hydrogens (tertiary/aromatic N) is 2. The maximum absolute atomic E-state index is 13.1. The van der Waals surface area contributed by atoms with Crippen molar-refractivity contribution in [2.24, 2.45) is 5.41 Å². The van der Waals surface area contributed by atoms with Crippen molar-refractivity contribution in [3.8, 4) is 0 Å². The number of carbonyl (C=O) groups is 1. The van der Waals surface area contributed by atoms with Crippen molar-refractivity contribution in [3.05, 3.63) is 58.0 Å². The van der Waals surface area contributed by atoms with Crippen LogP contribution in [0.15, 0.2) is 41.8 Å². The molecule has 4 rings (SSSR count). The Morgan fingerprint density at radius 2 is 1.96 bits per heavy atom. The normalized spacial score (nSPS) is 24.1. The molecule has 2 saturated heterocycles. The van der Waals surface area contributed by atoms with E-state index in [1.807, 2.05) is 34.5 Å². The molecule has 5 heteroatoms. The van der Waals surface area contributed by atoms with Crippen LogP contribution in [0.5, 0.6) is 0 Å². The number of carbonyl (C=O) groups excluding carboxylic acids is 1. The van der Waals surface area contributed by atoms with Crippen LogP contribution in [0.3, 0.4) is 0 Å². The van der Waals surface area contributed by atoms with Crippen LogP contribution >= 0.6 is 11.3 Å². The highest BCUT2D eigenvalue weighted by molar-refractivity contribution is 7.12. The molecule has 1 spiro atoms. The minimum absolute atomic E-state index is 0.183. The largest absolute Gasteiger partial charge is 0.337 e. The van der Waals surface area contributed by atoms with Gasteiger partial charge in [0, 0.05) is 31.6 Å². The van der Waals surface area contributed by atoms with E-state index in [-0.39, 0.29) is 17.1 Å². The Morgan fingerprint density at radius 1 is 1.12 bits per heavy atom. The smallest absolute Gasteiger partial charge is 0.263 e. The molecular formula is C20H23FN2OS. The number of halogens is 1. The third-order valence-corrected chi connectivity index (χ3v) is 6.38. The minimum Gasteiger partial charge on any atom is -0.337 e. The summed E-state index contributed by atoms with van der Waals surface area (Å²) in [5, 5.41) is 1.96. The molecule has 3 heterocycles. The molecule has 1 amide bonds. The summed E-state index contributed by atoms with van der Waals surface area (Å²) in [5.74, 6) is -0.0000725. The van der Waals surface area contributed by atoms with Gasteiger partial charge < -0.3 is 4.90 Å². The van der Waals surface area contributed by atoms with E-state index in [0.29, 0.717) is 0 Å². The van der Waals surface area contributed by atoms with Crippen molar-refractivity contribution in [1.82, 2.24) is 9.80 Å². The molecule has 1 aromatic heterocycles. The summed E-state index contributed by atoms with van der Waals surface area (Å²) in [5.41, 5.74) is 1.38. The van der Waals surface area contributed by atoms with Crippen LogP contribution in [0, 0.1) is 11.2 Å². The molecular weight excluding hydrogens is 335 g/mol. The molecule has 2 aliphatic heterocycles. The number of benzene rings is 1. The van der Waals surface area contributed by atoms with Crippen LogP contribution in [-0.2, 0) is 6.54 Å².